The Kier molecular flexibility index (Phi) is 8.00. The van der Waals surface area contributed by atoms with Crippen LogP contribution in [0, 0.1) is 0 Å². The Balaban J connectivity index is 1.04. The van der Waals surface area contributed by atoms with Gasteiger partial charge in [-0.25, -0.2) is 0 Å². The van der Waals surface area contributed by atoms with Crippen LogP contribution in [0.15, 0.2) is 200 Å². The van der Waals surface area contributed by atoms with Gasteiger partial charge in [0.1, 0.15) is 0 Å². The first-order valence-electron chi connectivity index (χ1n) is 18.8. The van der Waals surface area contributed by atoms with Crippen molar-refractivity contribution >= 4 is 44.9 Å². The summed E-state index contributed by atoms with van der Waals surface area (Å²) in [5.41, 5.74) is 17.0. The Bertz CT molecular complexity index is 2790. The van der Waals surface area contributed by atoms with Crippen LogP contribution in [0.3, 0.4) is 0 Å². The molecule has 0 fully saturated rings. The minimum Gasteiger partial charge on any atom is -0.310 e. The van der Waals surface area contributed by atoms with Crippen molar-refractivity contribution in [2.75, 3.05) is 4.90 Å². The molecule has 0 spiro atoms. The molecule has 0 bridgehead atoms. The molecule has 1 aromatic heterocycles. The number of anilines is 3. The zero-order valence-corrected chi connectivity index (χ0v) is 29.9. The number of rotatable bonds is 7. The zero-order chi connectivity index (χ0) is 35.8. The summed E-state index contributed by atoms with van der Waals surface area (Å²) in [6, 6.07) is 70.6. The van der Waals surface area contributed by atoms with Gasteiger partial charge in [0.2, 0.25) is 0 Å². The Morgan fingerprint density at radius 3 is 1.69 bits per heavy atom. The number of nitrogens with zero attached hydrogens (tertiary/aromatic N) is 2. The van der Waals surface area contributed by atoms with Crippen LogP contribution in [-0.2, 0) is 6.42 Å². The summed E-state index contributed by atoms with van der Waals surface area (Å²) in [7, 11) is 0. The van der Waals surface area contributed by atoms with Crippen molar-refractivity contribution in [3.05, 3.63) is 211 Å². The van der Waals surface area contributed by atoms with Crippen molar-refractivity contribution < 1.29 is 0 Å². The van der Waals surface area contributed by atoms with Gasteiger partial charge in [0.05, 0.1) is 16.7 Å². The molecule has 1 aliphatic carbocycles. The van der Waals surface area contributed by atoms with Crippen LogP contribution in [-0.4, -0.2) is 4.57 Å². The Morgan fingerprint density at radius 2 is 0.963 bits per heavy atom. The van der Waals surface area contributed by atoms with E-state index in [2.05, 4.69) is 216 Å². The maximum atomic E-state index is 2.42. The molecule has 0 saturated carbocycles. The Morgan fingerprint density at radius 1 is 0.407 bits per heavy atom. The summed E-state index contributed by atoms with van der Waals surface area (Å²) in [5.74, 6) is 0. The molecule has 0 N–H and O–H groups in total. The largest absolute Gasteiger partial charge is 0.310 e. The summed E-state index contributed by atoms with van der Waals surface area (Å²) in [6.45, 7) is 0. The molecule has 54 heavy (non-hydrogen) atoms. The van der Waals surface area contributed by atoms with Gasteiger partial charge in [-0.1, -0.05) is 140 Å². The van der Waals surface area contributed by atoms with Crippen molar-refractivity contribution in [2.24, 2.45) is 0 Å². The quantitative estimate of drug-likeness (QED) is 0.162. The van der Waals surface area contributed by atoms with Gasteiger partial charge in [0.15, 0.2) is 0 Å². The number of allylic oxidation sites excluding steroid dienone is 1. The first-order chi connectivity index (χ1) is 26.8. The van der Waals surface area contributed by atoms with Gasteiger partial charge in [0.25, 0.3) is 0 Å². The standard InChI is InChI=1S/C52H38N2/c1-3-13-37(14-4-1)41-17-11-18-42(35-41)38-25-30-45(31-26-38)53(50-24-12-16-40-15-7-8-21-47(40)50)46-32-27-39(28-33-46)43-29-34-52-49(36-43)48-22-9-10-23-51(48)54(52)44-19-5-2-6-20-44/h1-6,8-14,16-36H,7,15H2. The average Bonchev–Trinajstić information content (AvgIpc) is 3.59. The fourth-order valence-corrected chi connectivity index (χ4v) is 8.19. The molecule has 8 aromatic carbocycles. The molecule has 9 aromatic rings. The van der Waals surface area contributed by atoms with E-state index in [0.29, 0.717) is 0 Å². The molecule has 256 valence electrons. The van der Waals surface area contributed by atoms with Crippen LogP contribution >= 0.6 is 0 Å². The average molecular weight is 691 g/mol. The highest BCUT2D eigenvalue weighted by atomic mass is 15.1. The monoisotopic (exact) mass is 690 g/mol. The smallest absolute Gasteiger partial charge is 0.0541 e. The van der Waals surface area contributed by atoms with Gasteiger partial charge in [0, 0.05) is 33.4 Å². The number of aromatic nitrogens is 1. The predicted molar refractivity (Wildman–Crippen MR) is 229 cm³/mol. The van der Waals surface area contributed by atoms with E-state index in [-0.39, 0.29) is 0 Å². The lowest BCUT2D eigenvalue weighted by molar-refractivity contribution is 0.984. The summed E-state index contributed by atoms with van der Waals surface area (Å²) < 4.78 is 2.37. The number of fused-ring (bicyclic) bond motifs is 4. The van der Waals surface area contributed by atoms with Crippen LogP contribution in [0.5, 0.6) is 0 Å². The topological polar surface area (TPSA) is 8.17 Å². The van der Waals surface area contributed by atoms with E-state index in [9.17, 15) is 0 Å². The highest BCUT2D eigenvalue weighted by Gasteiger charge is 2.19. The molecular weight excluding hydrogens is 653 g/mol. The van der Waals surface area contributed by atoms with Crippen LogP contribution in [0.1, 0.15) is 17.5 Å². The van der Waals surface area contributed by atoms with Crippen molar-refractivity contribution in [3.63, 3.8) is 0 Å². The molecule has 1 aliphatic rings. The van der Waals surface area contributed by atoms with Gasteiger partial charge in [-0.2, -0.15) is 0 Å². The van der Waals surface area contributed by atoms with Crippen molar-refractivity contribution in [3.8, 4) is 39.1 Å². The second-order valence-electron chi connectivity index (χ2n) is 14.1. The lowest BCUT2D eigenvalue weighted by Gasteiger charge is -2.29. The summed E-state index contributed by atoms with van der Waals surface area (Å²) >= 11 is 0. The molecule has 0 amide bonds. The molecule has 0 saturated heterocycles. The minimum atomic E-state index is 1.06. The molecule has 10 rings (SSSR count). The van der Waals surface area contributed by atoms with E-state index in [1.54, 1.807) is 0 Å². The number of para-hydroxylation sites is 2. The first-order valence-corrected chi connectivity index (χ1v) is 18.8. The molecule has 0 radical (unpaired) electrons. The molecule has 1 heterocycles. The SMILES string of the molecule is C1=Cc2c(cccc2N(c2ccc(-c3cccc(-c4ccccc4)c3)cc2)c2ccc(-c3ccc4c(c3)c3ccccc3n4-c3ccccc3)cc2)CC1. The molecule has 0 unspecified atom stereocenters. The normalized spacial score (nSPS) is 12.2. The third-order valence-corrected chi connectivity index (χ3v) is 10.9. The lowest BCUT2D eigenvalue weighted by Crippen LogP contribution is -2.13. The Labute approximate surface area is 316 Å². The number of hydrogen-bond acceptors (Lipinski definition) is 1. The van der Waals surface area contributed by atoms with Crippen LogP contribution in [0.4, 0.5) is 17.1 Å². The maximum absolute atomic E-state index is 2.42. The van der Waals surface area contributed by atoms with E-state index in [4.69, 9.17) is 0 Å². The van der Waals surface area contributed by atoms with E-state index >= 15 is 0 Å². The first kappa shape index (κ1) is 31.8. The van der Waals surface area contributed by atoms with E-state index in [0.717, 1.165) is 24.2 Å². The van der Waals surface area contributed by atoms with Crippen LogP contribution in [0.25, 0.3) is 66.9 Å². The summed E-state index contributed by atoms with van der Waals surface area (Å²) in [5, 5.41) is 2.52. The van der Waals surface area contributed by atoms with Gasteiger partial charge in [-0.3, -0.25) is 0 Å². The zero-order valence-electron chi connectivity index (χ0n) is 29.9. The van der Waals surface area contributed by atoms with Gasteiger partial charge >= 0.3 is 0 Å². The highest BCUT2D eigenvalue weighted by molar-refractivity contribution is 6.10. The van der Waals surface area contributed by atoms with Gasteiger partial charge < -0.3 is 9.47 Å². The maximum Gasteiger partial charge on any atom is 0.0541 e. The molecule has 2 nitrogen and oxygen atoms in total. The highest BCUT2D eigenvalue weighted by Crippen LogP contribution is 2.42. The van der Waals surface area contributed by atoms with Crippen LogP contribution < -0.4 is 4.90 Å². The van der Waals surface area contributed by atoms with E-state index in [1.807, 2.05) is 0 Å². The van der Waals surface area contributed by atoms with E-state index in [1.165, 1.54) is 77.7 Å². The molecule has 0 atom stereocenters. The minimum absolute atomic E-state index is 1.06. The third-order valence-electron chi connectivity index (χ3n) is 10.9. The second kappa shape index (κ2) is 13.6. The van der Waals surface area contributed by atoms with Gasteiger partial charge in [-0.15, -0.1) is 0 Å². The van der Waals surface area contributed by atoms with Crippen molar-refractivity contribution in [1.29, 1.82) is 0 Å². The molecule has 2 heteroatoms. The fraction of sp³-hybridized carbons (Fsp3) is 0.0385. The Hall–Kier alpha value is -6.90. The fourth-order valence-electron chi connectivity index (χ4n) is 8.19. The van der Waals surface area contributed by atoms with Gasteiger partial charge in [-0.05, 0) is 119 Å². The summed E-state index contributed by atoms with van der Waals surface area (Å²) in [4.78, 5) is 2.42. The van der Waals surface area contributed by atoms with Crippen molar-refractivity contribution in [1.82, 2.24) is 4.57 Å². The third kappa shape index (κ3) is 5.70. The number of hydrogen-bond donors (Lipinski definition) is 0. The lowest BCUT2D eigenvalue weighted by atomic mass is 9.94. The van der Waals surface area contributed by atoms with Crippen LogP contribution in [0.2, 0.25) is 0 Å². The number of benzene rings is 8. The molecule has 0 aliphatic heterocycles. The summed E-state index contributed by atoms with van der Waals surface area (Å²) in [6.07, 6.45) is 6.75. The molecular formula is C52H38N2. The number of aryl methyl sites for hydroxylation is 1. The van der Waals surface area contributed by atoms with Crippen molar-refractivity contribution in [2.45, 2.75) is 12.8 Å². The van der Waals surface area contributed by atoms with E-state index < -0.39 is 0 Å². The predicted octanol–water partition coefficient (Wildman–Crippen LogP) is 14.2. The second-order valence-corrected chi connectivity index (χ2v) is 14.1.